The number of halogens is 10. The molecule has 0 bridgehead atoms. The summed E-state index contributed by atoms with van der Waals surface area (Å²) in [6.07, 6.45) is -6.83. The molecule has 4 rings (SSSR count). The van der Waals surface area contributed by atoms with Gasteiger partial charge in [-0.1, -0.05) is 46.9 Å². The van der Waals surface area contributed by atoms with Gasteiger partial charge in [-0.25, -0.2) is 9.97 Å². The Morgan fingerprint density at radius 1 is 0.528 bits per heavy atom. The lowest BCUT2D eigenvalue weighted by molar-refractivity contribution is -0.141. The molecule has 0 saturated heterocycles. The maximum Gasteiger partial charge on any atom is 0.433 e. The maximum atomic E-state index is 13.0. The molecule has 0 fully saturated rings. The van der Waals surface area contributed by atoms with Crippen LogP contribution in [0.5, 0.6) is 0 Å². The Morgan fingerprint density at radius 2 is 0.917 bits per heavy atom. The highest BCUT2D eigenvalue weighted by atomic mass is 35.5. The van der Waals surface area contributed by atoms with Crippen LogP contribution >= 0.6 is 34.8 Å². The number of rotatable bonds is 2. The van der Waals surface area contributed by atoms with Crippen molar-refractivity contribution >= 4 is 34.8 Å². The van der Waals surface area contributed by atoms with E-state index >= 15 is 0 Å². The molecule has 36 heavy (non-hydrogen) atoms. The molecule has 0 amide bonds. The van der Waals surface area contributed by atoms with E-state index in [2.05, 4.69) is 19.9 Å². The molecule has 4 aromatic rings. The predicted molar refractivity (Wildman–Crippen MR) is 120 cm³/mol. The van der Waals surface area contributed by atoms with Gasteiger partial charge in [0, 0.05) is 29.6 Å². The largest absolute Gasteiger partial charge is 0.433 e. The minimum Gasteiger partial charge on any atom is -0.251 e. The van der Waals surface area contributed by atoms with E-state index < -0.39 is 29.7 Å². The van der Waals surface area contributed by atoms with Gasteiger partial charge in [0.2, 0.25) is 5.95 Å². The Bertz CT molecular complexity index is 1200. The molecule has 0 aliphatic carbocycles. The zero-order valence-corrected chi connectivity index (χ0v) is 19.6. The molecule has 0 aromatic carbocycles. The molecule has 4 heterocycles. The quantitative estimate of drug-likeness (QED) is 0.180. The molecular formula is C22H10Cl3F7N4. The number of aromatic nitrogens is 4. The second-order valence-corrected chi connectivity index (χ2v) is 8.02. The van der Waals surface area contributed by atoms with Crippen molar-refractivity contribution < 1.29 is 30.7 Å². The van der Waals surface area contributed by atoms with E-state index in [1.807, 2.05) is 0 Å². The normalized spacial score (nSPS) is 11.6. The Balaban J connectivity index is 0.000000201. The maximum absolute atomic E-state index is 13.0. The van der Waals surface area contributed by atoms with Crippen LogP contribution in [-0.2, 0) is 12.4 Å². The number of nitrogens with zero attached hydrogens (tertiary/aromatic N) is 4. The molecule has 4 nitrogen and oxygen atoms in total. The number of alkyl halides is 6. The van der Waals surface area contributed by atoms with E-state index in [0.29, 0.717) is 22.3 Å². The fraction of sp³-hybridized carbons (Fsp3) is 0.0909. The molecule has 14 heteroatoms. The molecular weight excluding hydrogens is 560 g/mol. The minimum absolute atomic E-state index is 0.0788. The van der Waals surface area contributed by atoms with Gasteiger partial charge >= 0.3 is 12.4 Å². The summed E-state index contributed by atoms with van der Waals surface area (Å²) in [6, 6.07) is 9.62. The zero-order chi connectivity index (χ0) is 26.7. The summed E-state index contributed by atoms with van der Waals surface area (Å²) in [4.78, 5) is 13.7. The standard InChI is InChI=1S/C11H5Cl2F3N2.C11H5ClF4N2/c2*12-9-3-7(4-10(13)18-9)6-1-2-8(17-5-6)11(14,15)16/h2*1-5H. The van der Waals surface area contributed by atoms with Crippen molar-refractivity contribution in [1.82, 2.24) is 19.9 Å². The van der Waals surface area contributed by atoms with Crippen LogP contribution in [0.2, 0.25) is 15.5 Å². The summed E-state index contributed by atoms with van der Waals surface area (Å²) in [6.45, 7) is 0. The van der Waals surface area contributed by atoms with Gasteiger partial charge in [0.15, 0.2) is 0 Å². The molecule has 0 radical (unpaired) electrons. The Labute approximate surface area is 213 Å². The van der Waals surface area contributed by atoms with Crippen LogP contribution in [-0.4, -0.2) is 19.9 Å². The summed E-state index contributed by atoms with van der Waals surface area (Å²) in [5, 5.41) is 0.250. The average molecular weight is 570 g/mol. The molecule has 0 spiro atoms. The average Bonchev–Trinajstić information content (AvgIpc) is 2.77. The molecule has 0 aliphatic heterocycles. The third-order valence-electron chi connectivity index (χ3n) is 4.30. The molecule has 0 unspecified atom stereocenters. The Kier molecular flexibility index (Phi) is 8.37. The van der Waals surface area contributed by atoms with Crippen molar-refractivity contribution in [1.29, 1.82) is 0 Å². The zero-order valence-electron chi connectivity index (χ0n) is 17.3. The molecule has 0 saturated carbocycles. The second-order valence-electron chi connectivity index (χ2n) is 6.86. The van der Waals surface area contributed by atoms with Gasteiger partial charge in [-0.15, -0.1) is 0 Å². The van der Waals surface area contributed by atoms with Crippen molar-refractivity contribution in [2.24, 2.45) is 0 Å². The van der Waals surface area contributed by atoms with E-state index in [1.165, 1.54) is 30.3 Å². The first-order valence-corrected chi connectivity index (χ1v) is 10.6. The van der Waals surface area contributed by atoms with Crippen LogP contribution in [0.3, 0.4) is 0 Å². The summed E-state index contributed by atoms with van der Waals surface area (Å²) in [7, 11) is 0. The predicted octanol–water partition coefficient (Wildman–Crippen LogP) is 8.42. The first-order valence-electron chi connectivity index (χ1n) is 9.46. The SMILES string of the molecule is FC(F)(F)c1ccc(-c2cc(Cl)nc(Cl)c2)cn1.Fc1cc(-c2ccc(C(F)(F)F)nc2)cc(Cl)n1. The lowest BCUT2D eigenvalue weighted by atomic mass is 10.1. The van der Waals surface area contributed by atoms with E-state index in [0.717, 1.165) is 30.6 Å². The molecule has 4 aromatic heterocycles. The Morgan fingerprint density at radius 3 is 1.25 bits per heavy atom. The van der Waals surface area contributed by atoms with Crippen LogP contribution in [0, 0.1) is 5.95 Å². The van der Waals surface area contributed by atoms with Gasteiger partial charge in [0.25, 0.3) is 0 Å². The number of hydrogen-bond donors (Lipinski definition) is 0. The Hall–Kier alpha value is -3.02. The van der Waals surface area contributed by atoms with Crippen LogP contribution < -0.4 is 0 Å². The monoisotopic (exact) mass is 568 g/mol. The topological polar surface area (TPSA) is 51.6 Å². The van der Waals surface area contributed by atoms with Gasteiger partial charge in [-0.05, 0) is 41.5 Å². The highest BCUT2D eigenvalue weighted by Crippen LogP contribution is 2.31. The summed E-state index contributed by atoms with van der Waals surface area (Å²) in [5.41, 5.74) is -0.278. The van der Waals surface area contributed by atoms with Crippen LogP contribution in [0.1, 0.15) is 11.4 Å². The van der Waals surface area contributed by atoms with Crippen molar-refractivity contribution in [3.63, 3.8) is 0 Å². The summed E-state index contributed by atoms with van der Waals surface area (Å²) in [5.74, 6) is -0.808. The van der Waals surface area contributed by atoms with Crippen LogP contribution in [0.4, 0.5) is 30.7 Å². The number of hydrogen-bond acceptors (Lipinski definition) is 4. The second kappa shape index (κ2) is 10.9. The highest BCUT2D eigenvalue weighted by Gasteiger charge is 2.32. The molecule has 188 valence electrons. The smallest absolute Gasteiger partial charge is 0.251 e. The lowest BCUT2D eigenvalue weighted by Crippen LogP contribution is -2.07. The van der Waals surface area contributed by atoms with Gasteiger partial charge < -0.3 is 0 Å². The van der Waals surface area contributed by atoms with E-state index in [9.17, 15) is 30.7 Å². The molecule has 0 N–H and O–H groups in total. The number of pyridine rings is 4. The van der Waals surface area contributed by atoms with Gasteiger partial charge in [-0.3, -0.25) is 9.97 Å². The third-order valence-corrected chi connectivity index (χ3v) is 4.88. The molecule has 0 atom stereocenters. The third kappa shape index (κ3) is 7.49. The van der Waals surface area contributed by atoms with E-state index in [-0.39, 0.29) is 15.5 Å². The van der Waals surface area contributed by atoms with E-state index in [4.69, 9.17) is 34.8 Å². The van der Waals surface area contributed by atoms with Crippen molar-refractivity contribution in [2.45, 2.75) is 12.4 Å². The van der Waals surface area contributed by atoms with Gasteiger partial charge in [-0.2, -0.15) is 30.7 Å². The van der Waals surface area contributed by atoms with Crippen molar-refractivity contribution in [2.75, 3.05) is 0 Å². The van der Waals surface area contributed by atoms with Crippen LogP contribution in [0.25, 0.3) is 22.3 Å². The minimum atomic E-state index is -4.50. The molecule has 0 aliphatic rings. The van der Waals surface area contributed by atoms with E-state index in [1.54, 1.807) is 0 Å². The first kappa shape index (κ1) is 27.6. The van der Waals surface area contributed by atoms with Crippen LogP contribution in [0.15, 0.2) is 60.9 Å². The van der Waals surface area contributed by atoms with Crippen molar-refractivity contribution in [3.8, 4) is 22.3 Å². The van der Waals surface area contributed by atoms with Gasteiger partial charge in [0.1, 0.15) is 26.8 Å². The summed E-state index contributed by atoms with van der Waals surface area (Å²) >= 11 is 17.0. The fourth-order valence-corrected chi connectivity index (χ4v) is 3.39. The van der Waals surface area contributed by atoms with Crippen molar-refractivity contribution in [3.05, 3.63) is 93.7 Å². The van der Waals surface area contributed by atoms with Gasteiger partial charge in [0.05, 0.1) is 0 Å². The highest BCUT2D eigenvalue weighted by molar-refractivity contribution is 6.32. The first-order chi connectivity index (χ1) is 16.7. The fourth-order valence-electron chi connectivity index (χ4n) is 2.73. The lowest BCUT2D eigenvalue weighted by Gasteiger charge is -2.07. The summed E-state index contributed by atoms with van der Waals surface area (Å²) < 4.78 is 86.9.